The molecule has 0 aromatic heterocycles. The van der Waals surface area contributed by atoms with Crippen LogP contribution < -0.4 is 10.6 Å². The van der Waals surface area contributed by atoms with Crippen molar-refractivity contribution in [2.45, 2.75) is 19.4 Å². The third kappa shape index (κ3) is 6.37. The van der Waals surface area contributed by atoms with E-state index in [1.54, 1.807) is 6.92 Å². The molecule has 0 fully saturated rings. The lowest BCUT2D eigenvalue weighted by Gasteiger charge is -2.18. The van der Waals surface area contributed by atoms with E-state index >= 15 is 0 Å². The van der Waals surface area contributed by atoms with Crippen molar-refractivity contribution in [3.63, 3.8) is 0 Å². The van der Waals surface area contributed by atoms with Crippen molar-refractivity contribution in [1.82, 2.24) is 10.6 Å². The van der Waals surface area contributed by atoms with Crippen molar-refractivity contribution < 1.29 is 14.3 Å². The number of carbonyl (C=O) groups excluding carboxylic acids is 2. The molecule has 0 bridgehead atoms. The van der Waals surface area contributed by atoms with E-state index in [0.717, 1.165) is 5.56 Å². The van der Waals surface area contributed by atoms with Crippen molar-refractivity contribution in [3.05, 3.63) is 60.8 Å². The van der Waals surface area contributed by atoms with Gasteiger partial charge in [-0.05, 0) is 25.0 Å². The zero-order valence-electron chi connectivity index (χ0n) is 12.8. The summed E-state index contributed by atoms with van der Waals surface area (Å²) in [4.78, 5) is 23.7. The first-order chi connectivity index (χ1) is 10.6. The Morgan fingerprint density at radius 2 is 2.00 bits per heavy atom. The number of carbonyl (C=O) groups is 2. The highest BCUT2D eigenvalue weighted by atomic mass is 16.5. The minimum Gasteiger partial charge on any atom is -0.465 e. The van der Waals surface area contributed by atoms with Gasteiger partial charge < -0.3 is 10.1 Å². The highest BCUT2D eigenvalue weighted by Crippen LogP contribution is 2.04. The molecule has 1 aromatic rings. The van der Waals surface area contributed by atoms with Gasteiger partial charge in [-0.2, -0.15) is 0 Å². The van der Waals surface area contributed by atoms with Crippen LogP contribution in [0.2, 0.25) is 0 Å². The molecule has 0 spiro atoms. The molecule has 0 aliphatic carbocycles. The van der Waals surface area contributed by atoms with Gasteiger partial charge in [-0.25, -0.2) is 0 Å². The average Bonchev–Trinajstić information content (AvgIpc) is 2.52. The first kappa shape index (κ1) is 17.7. The van der Waals surface area contributed by atoms with Gasteiger partial charge in [0.25, 0.3) is 0 Å². The predicted molar refractivity (Wildman–Crippen MR) is 86.0 cm³/mol. The smallest absolute Gasteiger partial charge is 0.319 e. The van der Waals surface area contributed by atoms with Gasteiger partial charge in [0.05, 0.1) is 19.2 Å². The number of allylic oxidation sites excluding steroid dienone is 1. The first-order valence-corrected chi connectivity index (χ1v) is 7.12. The Bertz CT molecular complexity index is 526. The molecule has 0 aliphatic rings. The fourth-order valence-electron chi connectivity index (χ4n) is 1.82. The zero-order chi connectivity index (χ0) is 16.4. The van der Waals surface area contributed by atoms with Crippen molar-refractivity contribution in [3.8, 4) is 0 Å². The molecular formula is C17H22N2O3. The van der Waals surface area contributed by atoms with Gasteiger partial charge in [-0.3, -0.25) is 14.9 Å². The molecular weight excluding hydrogens is 280 g/mol. The molecule has 1 atom stereocenters. The summed E-state index contributed by atoms with van der Waals surface area (Å²) < 4.78 is 4.86. The second-order valence-corrected chi connectivity index (χ2v) is 4.65. The maximum atomic E-state index is 12.3. The van der Waals surface area contributed by atoms with Gasteiger partial charge in [0.1, 0.15) is 0 Å². The van der Waals surface area contributed by atoms with E-state index < -0.39 is 12.0 Å². The Morgan fingerprint density at radius 3 is 2.59 bits per heavy atom. The van der Waals surface area contributed by atoms with E-state index in [9.17, 15) is 9.59 Å². The molecule has 0 heterocycles. The van der Waals surface area contributed by atoms with Crippen LogP contribution in [0.15, 0.2) is 55.3 Å². The summed E-state index contributed by atoms with van der Waals surface area (Å²) in [6.07, 6.45) is 1.92. The molecule has 1 aromatic carbocycles. The van der Waals surface area contributed by atoms with Crippen LogP contribution in [0.25, 0.3) is 0 Å². The Kier molecular flexibility index (Phi) is 7.64. The number of benzene rings is 1. The Labute approximate surface area is 131 Å². The average molecular weight is 302 g/mol. The number of rotatable bonds is 9. The molecule has 5 nitrogen and oxygen atoms in total. The second kappa shape index (κ2) is 9.52. The van der Waals surface area contributed by atoms with Crippen LogP contribution in [0.1, 0.15) is 12.5 Å². The van der Waals surface area contributed by atoms with Gasteiger partial charge >= 0.3 is 5.97 Å². The lowest BCUT2D eigenvalue weighted by atomic mass is 10.1. The maximum absolute atomic E-state index is 12.3. The summed E-state index contributed by atoms with van der Waals surface area (Å²) in [5.74, 6) is -0.658. The molecule has 2 N–H and O–H groups in total. The first-order valence-electron chi connectivity index (χ1n) is 7.12. The quantitative estimate of drug-likeness (QED) is 0.537. The molecule has 0 radical (unpaired) electrons. The fraction of sp³-hybridized carbons (Fsp3) is 0.294. The van der Waals surface area contributed by atoms with E-state index in [1.807, 2.05) is 30.3 Å². The van der Waals surface area contributed by atoms with Crippen LogP contribution in [0.4, 0.5) is 0 Å². The minimum atomic E-state index is -0.566. The van der Waals surface area contributed by atoms with Crippen LogP contribution in [0.5, 0.6) is 0 Å². The number of amides is 1. The largest absolute Gasteiger partial charge is 0.465 e. The van der Waals surface area contributed by atoms with Gasteiger partial charge in [0.2, 0.25) is 5.91 Å². The summed E-state index contributed by atoms with van der Waals surface area (Å²) in [5, 5.41) is 5.56. The Hall–Kier alpha value is -2.40. The van der Waals surface area contributed by atoms with Crippen LogP contribution in [0.3, 0.4) is 0 Å². The Balaban J connectivity index is 2.71. The highest BCUT2D eigenvalue weighted by molar-refractivity contribution is 5.84. The number of hydrogen-bond donors (Lipinski definition) is 2. The van der Waals surface area contributed by atoms with Gasteiger partial charge in [0, 0.05) is 5.70 Å². The molecule has 22 heavy (non-hydrogen) atoms. The number of esters is 1. The van der Waals surface area contributed by atoms with E-state index in [-0.39, 0.29) is 12.5 Å². The molecule has 0 aliphatic heterocycles. The van der Waals surface area contributed by atoms with Gasteiger partial charge in [0.15, 0.2) is 0 Å². The zero-order valence-corrected chi connectivity index (χ0v) is 12.8. The molecule has 118 valence electrons. The van der Waals surface area contributed by atoms with Gasteiger partial charge in [-0.1, -0.05) is 43.5 Å². The summed E-state index contributed by atoms with van der Waals surface area (Å²) >= 11 is 0. The summed E-state index contributed by atoms with van der Waals surface area (Å²) in [6.45, 7) is 9.22. The standard InChI is InChI=1S/C17H22N2O3/c1-4-13(3)19-17(21)15(18-12-16(20)22-5-2)11-14-9-7-6-8-10-14/h4,6-10,15,18H,1,3,5,11-12H2,2H3,(H,19,21). The van der Waals surface area contributed by atoms with E-state index in [0.29, 0.717) is 18.7 Å². The number of ether oxygens (including phenoxy) is 1. The third-order valence-electron chi connectivity index (χ3n) is 2.93. The van der Waals surface area contributed by atoms with Crippen LogP contribution in [-0.2, 0) is 20.7 Å². The normalized spacial score (nSPS) is 11.3. The predicted octanol–water partition coefficient (Wildman–Crippen LogP) is 1.57. The van der Waals surface area contributed by atoms with Crippen LogP contribution in [0, 0.1) is 0 Å². The van der Waals surface area contributed by atoms with Crippen molar-refractivity contribution in [1.29, 1.82) is 0 Å². The van der Waals surface area contributed by atoms with E-state index in [2.05, 4.69) is 23.8 Å². The van der Waals surface area contributed by atoms with Gasteiger partial charge in [-0.15, -0.1) is 0 Å². The SMILES string of the molecule is C=CC(=C)NC(=O)C(Cc1ccccc1)NCC(=O)OCC. The molecule has 1 rings (SSSR count). The lowest BCUT2D eigenvalue weighted by molar-refractivity contribution is -0.142. The molecule has 0 saturated heterocycles. The van der Waals surface area contributed by atoms with Crippen LogP contribution in [-0.4, -0.2) is 31.1 Å². The van der Waals surface area contributed by atoms with Crippen molar-refractivity contribution in [2.24, 2.45) is 0 Å². The highest BCUT2D eigenvalue weighted by Gasteiger charge is 2.20. The van der Waals surface area contributed by atoms with E-state index in [4.69, 9.17) is 4.74 Å². The lowest BCUT2D eigenvalue weighted by Crippen LogP contribution is -2.47. The van der Waals surface area contributed by atoms with E-state index in [1.165, 1.54) is 6.08 Å². The second-order valence-electron chi connectivity index (χ2n) is 4.65. The monoisotopic (exact) mass is 302 g/mol. The molecule has 0 saturated carbocycles. The van der Waals surface area contributed by atoms with Crippen molar-refractivity contribution >= 4 is 11.9 Å². The number of hydrogen-bond acceptors (Lipinski definition) is 4. The Morgan fingerprint density at radius 1 is 1.32 bits per heavy atom. The topological polar surface area (TPSA) is 67.4 Å². The van der Waals surface area contributed by atoms with Crippen molar-refractivity contribution in [2.75, 3.05) is 13.2 Å². The molecule has 5 heteroatoms. The third-order valence-corrected chi connectivity index (χ3v) is 2.93. The van der Waals surface area contributed by atoms with Crippen LogP contribution >= 0.6 is 0 Å². The summed E-state index contributed by atoms with van der Waals surface area (Å²) in [5.41, 5.74) is 1.41. The molecule has 1 unspecified atom stereocenters. The molecule has 1 amide bonds. The number of nitrogens with one attached hydrogen (secondary N) is 2. The summed E-state index contributed by atoms with van der Waals surface area (Å²) in [6, 6.07) is 8.99. The minimum absolute atomic E-state index is 0.0284. The maximum Gasteiger partial charge on any atom is 0.319 e. The summed E-state index contributed by atoms with van der Waals surface area (Å²) in [7, 11) is 0. The fourth-order valence-corrected chi connectivity index (χ4v) is 1.82.